The topological polar surface area (TPSA) is 9.23 Å². The second kappa shape index (κ2) is 4.94. The highest BCUT2D eigenvalue weighted by atomic mass is 35.5. The lowest BCUT2D eigenvalue weighted by Crippen LogP contribution is -1.90. The summed E-state index contributed by atoms with van der Waals surface area (Å²) in [5.41, 5.74) is 1.49. The van der Waals surface area contributed by atoms with Gasteiger partial charge in [0, 0.05) is 22.2 Å². The molecule has 17 heavy (non-hydrogen) atoms. The third-order valence-corrected chi connectivity index (χ3v) is 2.93. The summed E-state index contributed by atoms with van der Waals surface area (Å²) in [6.45, 7) is 0. The quantitative estimate of drug-likeness (QED) is 0.761. The summed E-state index contributed by atoms with van der Waals surface area (Å²) in [4.78, 5) is 0. The maximum Gasteiger partial charge on any atom is 0.129 e. The summed E-state index contributed by atoms with van der Waals surface area (Å²) in [5, 5.41) is 1.06. The molecule has 0 aromatic heterocycles. The zero-order chi connectivity index (χ0) is 12.4. The van der Waals surface area contributed by atoms with Gasteiger partial charge in [-0.3, -0.25) is 0 Å². The SMILES string of the molecule is COc1cc(F)ccc1-c1ccc(Cl)cc1Cl. The number of hydrogen-bond acceptors (Lipinski definition) is 1. The second-order valence-corrected chi connectivity index (χ2v) is 4.31. The minimum Gasteiger partial charge on any atom is -0.496 e. The molecule has 2 aromatic rings. The molecule has 2 aromatic carbocycles. The highest BCUT2D eigenvalue weighted by Gasteiger charge is 2.10. The van der Waals surface area contributed by atoms with E-state index in [1.165, 1.54) is 19.2 Å². The molecule has 0 heterocycles. The Morgan fingerprint density at radius 2 is 1.71 bits per heavy atom. The highest BCUT2D eigenvalue weighted by molar-refractivity contribution is 6.36. The van der Waals surface area contributed by atoms with Gasteiger partial charge in [-0.1, -0.05) is 29.3 Å². The molecule has 0 aliphatic carbocycles. The van der Waals surface area contributed by atoms with Crippen LogP contribution in [0.2, 0.25) is 10.0 Å². The van der Waals surface area contributed by atoms with Crippen LogP contribution in [0.1, 0.15) is 0 Å². The lowest BCUT2D eigenvalue weighted by atomic mass is 10.0. The largest absolute Gasteiger partial charge is 0.496 e. The first-order chi connectivity index (χ1) is 8.11. The molecule has 0 spiro atoms. The third-order valence-electron chi connectivity index (χ3n) is 2.38. The van der Waals surface area contributed by atoms with Crippen molar-refractivity contribution in [3.8, 4) is 16.9 Å². The second-order valence-electron chi connectivity index (χ2n) is 3.47. The Morgan fingerprint density at radius 1 is 1.00 bits per heavy atom. The van der Waals surface area contributed by atoms with E-state index in [1.54, 1.807) is 24.3 Å². The van der Waals surface area contributed by atoms with Crippen molar-refractivity contribution in [3.05, 3.63) is 52.3 Å². The number of hydrogen-bond donors (Lipinski definition) is 0. The highest BCUT2D eigenvalue weighted by Crippen LogP contribution is 2.36. The van der Waals surface area contributed by atoms with Crippen molar-refractivity contribution in [1.82, 2.24) is 0 Å². The van der Waals surface area contributed by atoms with E-state index in [0.29, 0.717) is 15.8 Å². The van der Waals surface area contributed by atoms with Gasteiger partial charge in [0.05, 0.1) is 12.1 Å². The summed E-state index contributed by atoms with van der Waals surface area (Å²) in [6.07, 6.45) is 0. The molecule has 4 heteroatoms. The van der Waals surface area contributed by atoms with Gasteiger partial charge in [-0.05, 0) is 24.3 Å². The van der Waals surface area contributed by atoms with Gasteiger partial charge in [-0.15, -0.1) is 0 Å². The molecule has 2 rings (SSSR count). The average molecular weight is 271 g/mol. The van der Waals surface area contributed by atoms with Gasteiger partial charge in [-0.2, -0.15) is 0 Å². The lowest BCUT2D eigenvalue weighted by molar-refractivity contribution is 0.413. The number of methoxy groups -OCH3 is 1. The molecule has 0 radical (unpaired) electrons. The van der Waals surface area contributed by atoms with Gasteiger partial charge in [0.15, 0.2) is 0 Å². The van der Waals surface area contributed by atoms with Crippen LogP contribution in [-0.2, 0) is 0 Å². The average Bonchev–Trinajstić information content (AvgIpc) is 2.30. The van der Waals surface area contributed by atoms with E-state index in [0.717, 1.165) is 11.1 Å². The monoisotopic (exact) mass is 270 g/mol. The van der Waals surface area contributed by atoms with Gasteiger partial charge >= 0.3 is 0 Å². The van der Waals surface area contributed by atoms with E-state index < -0.39 is 0 Å². The predicted octanol–water partition coefficient (Wildman–Crippen LogP) is 4.81. The van der Waals surface area contributed by atoms with Gasteiger partial charge in [0.2, 0.25) is 0 Å². The molecule has 0 amide bonds. The molecule has 0 saturated carbocycles. The third kappa shape index (κ3) is 2.54. The maximum atomic E-state index is 13.1. The van der Waals surface area contributed by atoms with E-state index in [2.05, 4.69) is 0 Å². The molecule has 0 bridgehead atoms. The first-order valence-electron chi connectivity index (χ1n) is 4.91. The molecule has 1 nitrogen and oxygen atoms in total. The standard InChI is InChI=1S/C13H9Cl2FO/c1-17-13-7-9(16)3-5-11(13)10-4-2-8(14)6-12(10)15/h2-7H,1H3. The van der Waals surface area contributed by atoms with Crippen LogP contribution in [0.25, 0.3) is 11.1 Å². The van der Waals surface area contributed by atoms with Crippen LogP contribution in [0, 0.1) is 5.82 Å². The van der Waals surface area contributed by atoms with Crippen LogP contribution < -0.4 is 4.74 Å². The van der Waals surface area contributed by atoms with Crippen molar-refractivity contribution in [1.29, 1.82) is 0 Å². The Labute approximate surface area is 109 Å². The van der Waals surface area contributed by atoms with Crippen molar-refractivity contribution >= 4 is 23.2 Å². The Kier molecular flexibility index (Phi) is 3.55. The summed E-state index contributed by atoms with van der Waals surface area (Å²) in [6, 6.07) is 9.46. The van der Waals surface area contributed by atoms with Crippen LogP contribution in [0.15, 0.2) is 36.4 Å². The van der Waals surface area contributed by atoms with Gasteiger partial charge < -0.3 is 4.74 Å². The zero-order valence-corrected chi connectivity index (χ0v) is 10.5. The van der Waals surface area contributed by atoms with Crippen LogP contribution in [0.5, 0.6) is 5.75 Å². The van der Waals surface area contributed by atoms with Crippen LogP contribution in [0.4, 0.5) is 4.39 Å². The van der Waals surface area contributed by atoms with Gasteiger partial charge in [0.25, 0.3) is 0 Å². The number of halogens is 3. The van der Waals surface area contributed by atoms with Crippen molar-refractivity contribution in [2.24, 2.45) is 0 Å². The summed E-state index contributed by atoms with van der Waals surface area (Å²) in [7, 11) is 1.49. The molecular formula is C13H9Cl2FO. The summed E-state index contributed by atoms with van der Waals surface area (Å²) >= 11 is 11.9. The molecule has 0 aliphatic heterocycles. The molecular weight excluding hydrogens is 262 g/mol. The molecule has 88 valence electrons. The Morgan fingerprint density at radius 3 is 2.35 bits per heavy atom. The molecule has 0 N–H and O–H groups in total. The molecule has 0 atom stereocenters. The Hall–Kier alpha value is -1.25. The van der Waals surface area contributed by atoms with Crippen molar-refractivity contribution < 1.29 is 9.13 Å². The zero-order valence-electron chi connectivity index (χ0n) is 9.01. The van der Waals surface area contributed by atoms with Crippen molar-refractivity contribution in [3.63, 3.8) is 0 Å². The normalized spacial score (nSPS) is 10.4. The predicted molar refractivity (Wildman–Crippen MR) is 68.4 cm³/mol. The fraction of sp³-hybridized carbons (Fsp3) is 0.0769. The van der Waals surface area contributed by atoms with Crippen molar-refractivity contribution in [2.45, 2.75) is 0 Å². The van der Waals surface area contributed by atoms with Gasteiger partial charge in [0.1, 0.15) is 11.6 Å². The van der Waals surface area contributed by atoms with Gasteiger partial charge in [-0.25, -0.2) is 4.39 Å². The number of benzene rings is 2. The molecule has 0 unspecified atom stereocenters. The van der Waals surface area contributed by atoms with E-state index in [1.807, 2.05) is 0 Å². The Bertz CT molecular complexity index is 555. The molecule has 0 saturated heterocycles. The minimum atomic E-state index is -0.351. The van der Waals surface area contributed by atoms with E-state index >= 15 is 0 Å². The maximum absolute atomic E-state index is 13.1. The summed E-state index contributed by atoms with van der Waals surface area (Å²) in [5.74, 6) is 0.0879. The van der Waals surface area contributed by atoms with Crippen LogP contribution >= 0.6 is 23.2 Å². The first-order valence-corrected chi connectivity index (χ1v) is 5.66. The first kappa shape index (κ1) is 12.2. The Balaban J connectivity index is 2.60. The minimum absolute atomic E-state index is 0.351. The fourth-order valence-corrected chi connectivity index (χ4v) is 2.11. The van der Waals surface area contributed by atoms with Crippen LogP contribution in [-0.4, -0.2) is 7.11 Å². The fourth-order valence-electron chi connectivity index (χ4n) is 1.60. The smallest absolute Gasteiger partial charge is 0.129 e. The van der Waals surface area contributed by atoms with E-state index in [9.17, 15) is 4.39 Å². The summed E-state index contributed by atoms with van der Waals surface area (Å²) < 4.78 is 18.2. The molecule has 0 aliphatic rings. The molecule has 0 fully saturated rings. The number of rotatable bonds is 2. The number of ether oxygens (including phenoxy) is 1. The van der Waals surface area contributed by atoms with E-state index in [4.69, 9.17) is 27.9 Å². The van der Waals surface area contributed by atoms with Crippen molar-refractivity contribution in [2.75, 3.05) is 7.11 Å². The van der Waals surface area contributed by atoms with Crippen LogP contribution in [0.3, 0.4) is 0 Å². The lowest BCUT2D eigenvalue weighted by Gasteiger charge is -2.10. The van der Waals surface area contributed by atoms with E-state index in [-0.39, 0.29) is 5.82 Å².